The van der Waals surface area contributed by atoms with Gasteiger partial charge in [0.25, 0.3) is 0 Å². The van der Waals surface area contributed by atoms with Crippen LogP contribution in [0.5, 0.6) is 0 Å². The molecular formula is C12H10BrN3S. The monoisotopic (exact) mass is 307 g/mol. The largest absolute Gasteiger partial charge is 0.362 e. The van der Waals surface area contributed by atoms with Gasteiger partial charge < -0.3 is 4.90 Å². The molecule has 0 saturated heterocycles. The number of nitriles is 1. The predicted octanol–water partition coefficient (Wildman–Crippen LogP) is 3.51. The van der Waals surface area contributed by atoms with E-state index in [9.17, 15) is 0 Å². The minimum atomic E-state index is 0.592. The average molecular weight is 308 g/mol. The summed E-state index contributed by atoms with van der Waals surface area (Å²) < 4.78 is 1.07. The molecule has 0 fully saturated rings. The molecule has 0 atom stereocenters. The summed E-state index contributed by atoms with van der Waals surface area (Å²) in [6, 6.07) is 9.85. The molecule has 0 aliphatic heterocycles. The first-order valence-electron chi connectivity index (χ1n) is 4.96. The fraction of sp³-hybridized carbons (Fsp3) is 0.167. The summed E-state index contributed by atoms with van der Waals surface area (Å²) in [6.45, 7) is 0. The van der Waals surface area contributed by atoms with Gasteiger partial charge >= 0.3 is 0 Å². The number of hydrogen-bond acceptors (Lipinski definition) is 4. The second-order valence-corrected chi connectivity index (χ2v) is 6.14. The lowest BCUT2D eigenvalue weighted by Gasteiger charge is -2.13. The third-order valence-electron chi connectivity index (χ3n) is 2.24. The molecule has 0 radical (unpaired) electrons. The fourth-order valence-corrected chi connectivity index (χ4v) is 2.82. The molecule has 86 valence electrons. The van der Waals surface area contributed by atoms with E-state index < -0.39 is 0 Å². The number of anilines is 1. The number of nitrogens with zero attached hydrogens (tertiary/aromatic N) is 3. The quantitative estimate of drug-likeness (QED) is 0.852. The average Bonchev–Trinajstić information content (AvgIpc) is 2.75. The number of hydrogen-bond donors (Lipinski definition) is 0. The van der Waals surface area contributed by atoms with Gasteiger partial charge in [0.05, 0.1) is 19.9 Å². The van der Waals surface area contributed by atoms with Crippen molar-refractivity contribution in [1.29, 1.82) is 5.26 Å². The smallest absolute Gasteiger partial charge is 0.146 e. The van der Waals surface area contributed by atoms with E-state index in [1.54, 1.807) is 11.3 Å². The SMILES string of the molecule is CN(C)c1nc(-c2ccc(Br)s2)ccc1C#N. The Morgan fingerprint density at radius 1 is 1.29 bits per heavy atom. The number of rotatable bonds is 2. The minimum absolute atomic E-state index is 0.592. The van der Waals surface area contributed by atoms with Crippen LogP contribution < -0.4 is 4.90 Å². The van der Waals surface area contributed by atoms with Gasteiger partial charge in [-0.15, -0.1) is 11.3 Å². The van der Waals surface area contributed by atoms with Crippen molar-refractivity contribution in [1.82, 2.24) is 4.98 Å². The zero-order valence-corrected chi connectivity index (χ0v) is 11.8. The summed E-state index contributed by atoms with van der Waals surface area (Å²) in [6.07, 6.45) is 0. The van der Waals surface area contributed by atoms with Crippen LogP contribution in [0.25, 0.3) is 10.6 Å². The van der Waals surface area contributed by atoms with Crippen LogP contribution in [0.15, 0.2) is 28.1 Å². The molecule has 17 heavy (non-hydrogen) atoms. The van der Waals surface area contributed by atoms with E-state index in [2.05, 4.69) is 27.0 Å². The van der Waals surface area contributed by atoms with E-state index in [-0.39, 0.29) is 0 Å². The predicted molar refractivity (Wildman–Crippen MR) is 74.3 cm³/mol. The van der Waals surface area contributed by atoms with E-state index in [1.165, 1.54) is 0 Å². The summed E-state index contributed by atoms with van der Waals surface area (Å²) in [5.74, 6) is 0.703. The number of thiophene rings is 1. The molecule has 2 aromatic rings. The van der Waals surface area contributed by atoms with Crippen molar-refractivity contribution in [2.24, 2.45) is 0 Å². The highest BCUT2D eigenvalue weighted by atomic mass is 79.9. The van der Waals surface area contributed by atoms with Gasteiger partial charge in [0, 0.05) is 14.1 Å². The Hall–Kier alpha value is -1.38. The Morgan fingerprint density at radius 3 is 2.59 bits per heavy atom. The standard InChI is InChI=1S/C12H10BrN3S/c1-16(2)12-8(7-14)3-4-9(15-12)10-5-6-11(13)17-10/h3-6H,1-2H3. The van der Waals surface area contributed by atoms with Crippen LogP contribution in [0.1, 0.15) is 5.56 Å². The first-order valence-corrected chi connectivity index (χ1v) is 6.57. The first kappa shape index (κ1) is 12.1. The Kier molecular flexibility index (Phi) is 3.46. The van der Waals surface area contributed by atoms with Crippen molar-refractivity contribution < 1.29 is 0 Å². The van der Waals surface area contributed by atoms with Gasteiger partial charge in [0.2, 0.25) is 0 Å². The molecule has 2 heterocycles. The van der Waals surface area contributed by atoms with E-state index >= 15 is 0 Å². The van der Waals surface area contributed by atoms with Crippen LogP contribution in [0.4, 0.5) is 5.82 Å². The van der Waals surface area contributed by atoms with Crippen molar-refractivity contribution in [3.8, 4) is 16.6 Å². The van der Waals surface area contributed by atoms with Crippen LogP contribution in [-0.2, 0) is 0 Å². The second kappa shape index (κ2) is 4.86. The Balaban J connectivity index is 2.52. The number of pyridine rings is 1. The van der Waals surface area contributed by atoms with Gasteiger partial charge in [-0.05, 0) is 40.2 Å². The second-order valence-electron chi connectivity index (χ2n) is 3.68. The van der Waals surface area contributed by atoms with E-state index in [1.807, 2.05) is 43.3 Å². The fourth-order valence-electron chi connectivity index (χ4n) is 1.47. The van der Waals surface area contributed by atoms with Crippen LogP contribution in [-0.4, -0.2) is 19.1 Å². The molecule has 0 saturated carbocycles. The molecule has 5 heteroatoms. The lowest BCUT2D eigenvalue weighted by atomic mass is 10.2. The molecule has 0 bridgehead atoms. The van der Waals surface area contributed by atoms with Gasteiger partial charge in [0.15, 0.2) is 0 Å². The van der Waals surface area contributed by atoms with Crippen molar-refractivity contribution in [3.05, 3.63) is 33.6 Å². The molecule has 0 N–H and O–H groups in total. The van der Waals surface area contributed by atoms with Crippen molar-refractivity contribution in [2.45, 2.75) is 0 Å². The van der Waals surface area contributed by atoms with Gasteiger partial charge in [0.1, 0.15) is 11.9 Å². The maximum absolute atomic E-state index is 9.01. The van der Waals surface area contributed by atoms with Crippen molar-refractivity contribution >= 4 is 33.1 Å². The molecule has 0 aliphatic rings. The molecule has 0 spiro atoms. The summed E-state index contributed by atoms with van der Waals surface area (Å²) in [5, 5.41) is 9.01. The molecule has 2 aromatic heterocycles. The molecular weight excluding hydrogens is 298 g/mol. The maximum atomic E-state index is 9.01. The van der Waals surface area contributed by atoms with Crippen LogP contribution in [0.2, 0.25) is 0 Å². The Labute approximate surface area is 112 Å². The zero-order valence-electron chi connectivity index (χ0n) is 9.44. The van der Waals surface area contributed by atoms with Crippen LogP contribution >= 0.6 is 27.3 Å². The molecule has 0 amide bonds. The van der Waals surface area contributed by atoms with Gasteiger partial charge in [-0.25, -0.2) is 4.98 Å². The Morgan fingerprint density at radius 2 is 2.06 bits per heavy atom. The van der Waals surface area contributed by atoms with Gasteiger partial charge in [-0.3, -0.25) is 0 Å². The highest BCUT2D eigenvalue weighted by Gasteiger charge is 2.09. The van der Waals surface area contributed by atoms with E-state index in [0.29, 0.717) is 11.4 Å². The molecule has 0 unspecified atom stereocenters. The van der Waals surface area contributed by atoms with Crippen molar-refractivity contribution in [3.63, 3.8) is 0 Å². The highest BCUT2D eigenvalue weighted by molar-refractivity contribution is 9.11. The highest BCUT2D eigenvalue weighted by Crippen LogP contribution is 2.31. The summed E-state index contributed by atoms with van der Waals surface area (Å²) in [5.41, 5.74) is 1.48. The first-order chi connectivity index (χ1) is 8.11. The molecule has 3 nitrogen and oxygen atoms in total. The van der Waals surface area contributed by atoms with Crippen LogP contribution in [0.3, 0.4) is 0 Å². The Bertz CT molecular complexity index is 584. The minimum Gasteiger partial charge on any atom is -0.362 e. The van der Waals surface area contributed by atoms with Crippen molar-refractivity contribution in [2.75, 3.05) is 19.0 Å². The number of aromatic nitrogens is 1. The topological polar surface area (TPSA) is 39.9 Å². The van der Waals surface area contributed by atoms with E-state index in [4.69, 9.17) is 5.26 Å². The maximum Gasteiger partial charge on any atom is 0.146 e. The normalized spacial score (nSPS) is 10.0. The zero-order chi connectivity index (χ0) is 12.4. The van der Waals surface area contributed by atoms with Gasteiger partial charge in [-0.2, -0.15) is 5.26 Å². The third-order valence-corrected chi connectivity index (χ3v) is 3.89. The summed E-state index contributed by atoms with van der Waals surface area (Å²) >= 11 is 5.06. The van der Waals surface area contributed by atoms with Crippen LogP contribution in [0, 0.1) is 11.3 Å². The molecule has 0 aromatic carbocycles. The molecule has 0 aliphatic carbocycles. The lowest BCUT2D eigenvalue weighted by molar-refractivity contribution is 1.06. The third kappa shape index (κ3) is 2.48. The van der Waals surface area contributed by atoms with E-state index in [0.717, 1.165) is 14.4 Å². The van der Waals surface area contributed by atoms with Gasteiger partial charge in [-0.1, -0.05) is 0 Å². The summed E-state index contributed by atoms with van der Waals surface area (Å²) in [7, 11) is 3.77. The number of halogens is 1. The summed E-state index contributed by atoms with van der Waals surface area (Å²) in [4.78, 5) is 7.46. The lowest BCUT2D eigenvalue weighted by Crippen LogP contribution is -2.12. The molecule has 2 rings (SSSR count).